The maximum atomic E-state index is 5.99. The molecule has 0 aromatic heterocycles. The maximum absolute atomic E-state index is 5.99. The van der Waals surface area contributed by atoms with E-state index < -0.39 is 0 Å². The van der Waals surface area contributed by atoms with Gasteiger partial charge in [0.2, 0.25) is 0 Å². The highest BCUT2D eigenvalue weighted by Gasteiger charge is 2.02. The van der Waals surface area contributed by atoms with Gasteiger partial charge >= 0.3 is 0 Å². The fourth-order valence-corrected chi connectivity index (χ4v) is 2.05. The highest BCUT2D eigenvalue weighted by atomic mass is 32.2. The molecule has 14 heavy (non-hydrogen) atoms. The van der Waals surface area contributed by atoms with E-state index in [1.807, 2.05) is 11.8 Å². The van der Waals surface area contributed by atoms with E-state index in [1.54, 1.807) is 0 Å². The van der Waals surface area contributed by atoms with Gasteiger partial charge in [0.15, 0.2) is 0 Å². The quantitative estimate of drug-likeness (QED) is 0.779. The Morgan fingerprint density at radius 3 is 2.64 bits per heavy atom. The lowest BCUT2D eigenvalue weighted by atomic mass is 10.1. The van der Waals surface area contributed by atoms with Crippen LogP contribution in [0.15, 0.2) is 30.3 Å². The SMILES string of the molecule is CCSCC(N)CCc1ccccc1. The predicted molar refractivity (Wildman–Crippen MR) is 65.7 cm³/mol. The first kappa shape index (κ1) is 11.6. The minimum atomic E-state index is 0.347. The Morgan fingerprint density at radius 1 is 1.29 bits per heavy atom. The van der Waals surface area contributed by atoms with Crippen LogP contribution in [0.3, 0.4) is 0 Å². The van der Waals surface area contributed by atoms with Crippen LogP contribution in [0.5, 0.6) is 0 Å². The van der Waals surface area contributed by atoms with Crippen molar-refractivity contribution in [2.45, 2.75) is 25.8 Å². The minimum Gasteiger partial charge on any atom is -0.327 e. The summed E-state index contributed by atoms with van der Waals surface area (Å²) >= 11 is 1.93. The molecule has 0 radical (unpaired) electrons. The molecular weight excluding hydrogens is 190 g/mol. The Labute approximate surface area is 91.1 Å². The fourth-order valence-electron chi connectivity index (χ4n) is 1.35. The van der Waals surface area contributed by atoms with Crippen molar-refractivity contribution in [3.63, 3.8) is 0 Å². The standard InChI is InChI=1S/C12H19NS/c1-2-14-10-12(13)9-8-11-6-4-3-5-7-11/h3-7,12H,2,8-10,13H2,1H3. The van der Waals surface area contributed by atoms with Gasteiger partial charge in [-0.1, -0.05) is 37.3 Å². The van der Waals surface area contributed by atoms with Crippen LogP contribution in [0.2, 0.25) is 0 Å². The van der Waals surface area contributed by atoms with Crippen molar-refractivity contribution in [3.8, 4) is 0 Å². The molecule has 0 amide bonds. The summed E-state index contributed by atoms with van der Waals surface area (Å²) in [6.07, 6.45) is 2.20. The third kappa shape index (κ3) is 4.68. The van der Waals surface area contributed by atoms with Gasteiger partial charge in [-0.05, 0) is 24.2 Å². The summed E-state index contributed by atoms with van der Waals surface area (Å²) in [7, 11) is 0. The molecule has 1 unspecified atom stereocenters. The first-order valence-corrected chi connectivity index (χ1v) is 6.35. The number of benzene rings is 1. The molecule has 0 spiro atoms. The molecule has 0 aliphatic carbocycles. The van der Waals surface area contributed by atoms with Crippen LogP contribution in [-0.2, 0) is 6.42 Å². The van der Waals surface area contributed by atoms with E-state index in [0.717, 1.165) is 18.6 Å². The topological polar surface area (TPSA) is 26.0 Å². The highest BCUT2D eigenvalue weighted by molar-refractivity contribution is 7.99. The second kappa shape index (κ2) is 6.91. The van der Waals surface area contributed by atoms with E-state index in [2.05, 4.69) is 37.3 Å². The average Bonchev–Trinajstić information content (AvgIpc) is 2.25. The zero-order valence-electron chi connectivity index (χ0n) is 8.78. The van der Waals surface area contributed by atoms with Crippen LogP contribution in [0.25, 0.3) is 0 Å². The Bertz CT molecular complexity index is 235. The van der Waals surface area contributed by atoms with Crippen LogP contribution in [0.4, 0.5) is 0 Å². The van der Waals surface area contributed by atoms with E-state index in [-0.39, 0.29) is 0 Å². The third-order valence-electron chi connectivity index (χ3n) is 2.18. The molecule has 0 aliphatic rings. The summed E-state index contributed by atoms with van der Waals surface area (Å²) in [4.78, 5) is 0. The first-order valence-electron chi connectivity index (χ1n) is 5.20. The highest BCUT2D eigenvalue weighted by Crippen LogP contribution is 2.07. The maximum Gasteiger partial charge on any atom is 0.0133 e. The molecular formula is C12H19NS. The van der Waals surface area contributed by atoms with E-state index >= 15 is 0 Å². The van der Waals surface area contributed by atoms with E-state index in [1.165, 1.54) is 11.3 Å². The van der Waals surface area contributed by atoms with Gasteiger partial charge in [0.1, 0.15) is 0 Å². The van der Waals surface area contributed by atoms with Gasteiger partial charge in [0.05, 0.1) is 0 Å². The van der Waals surface area contributed by atoms with Crippen molar-refractivity contribution < 1.29 is 0 Å². The monoisotopic (exact) mass is 209 g/mol. The Balaban J connectivity index is 2.20. The lowest BCUT2D eigenvalue weighted by molar-refractivity contribution is 0.674. The smallest absolute Gasteiger partial charge is 0.0133 e. The molecule has 1 nitrogen and oxygen atoms in total. The van der Waals surface area contributed by atoms with Crippen molar-refractivity contribution in [2.24, 2.45) is 5.73 Å². The number of nitrogens with two attached hydrogens (primary N) is 1. The molecule has 2 N–H and O–H groups in total. The van der Waals surface area contributed by atoms with Gasteiger partial charge in [-0.25, -0.2) is 0 Å². The molecule has 0 fully saturated rings. The molecule has 0 heterocycles. The lowest BCUT2D eigenvalue weighted by Crippen LogP contribution is -2.23. The van der Waals surface area contributed by atoms with E-state index in [9.17, 15) is 0 Å². The molecule has 1 atom stereocenters. The lowest BCUT2D eigenvalue weighted by Gasteiger charge is -2.10. The van der Waals surface area contributed by atoms with Gasteiger partial charge in [-0.2, -0.15) is 11.8 Å². The van der Waals surface area contributed by atoms with Crippen molar-refractivity contribution in [3.05, 3.63) is 35.9 Å². The summed E-state index contributed by atoms with van der Waals surface area (Å²) < 4.78 is 0. The molecule has 1 aromatic rings. The summed E-state index contributed by atoms with van der Waals surface area (Å²) in [5.41, 5.74) is 7.38. The van der Waals surface area contributed by atoms with Gasteiger partial charge in [0, 0.05) is 11.8 Å². The molecule has 0 bridgehead atoms. The second-order valence-corrected chi connectivity index (χ2v) is 4.76. The molecule has 1 rings (SSSR count). The van der Waals surface area contributed by atoms with Gasteiger partial charge in [0.25, 0.3) is 0 Å². The minimum absolute atomic E-state index is 0.347. The number of thioether (sulfide) groups is 1. The Kier molecular flexibility index (Phi) is 5.72. The van der Waals surface area contributed by atoms with Crippen molar-refractivity contribution >= 4 is 11.8 Å². The van der Waals surface area contributed by atoms with Gasteiger partial charge in [-0.15, -0.1) is 0 Å². The summed E-state index contributed by atoms with van der Waals surface area (Å²) in [5.74, 6) is 2.25. The Morgan fingerprint density at radius 2 is 2.00 bits per heavy atom. The molecule has 78 valence electrons. The molecule has 2 heteroatoms. The van der Waals surface area contributed by atoms with Crippen molar-refractivity contribution in [1.29, 1.82) is 0 Å². The molecule has 0 aliphatic heterocycles. The molecule has 1 aromatic carbocycles. The first-order chi connectivity index (χ1) is 6.83. The number of hydrogen-bond acceptors (Lipinski definition) is 2. The van der Waals surface area contributed by atoms with Crippen LogP contribution < -0.4 is 5.73 Å². The molecule has 0 saturated heterocycles. The average molecular weight is 209 g/mol. The van der Waals surface area contributed by atoms with E-state index in [0.29, 0.717) is 6.04 Å². The summed E-state index contributed by atoms with van der Waals surface area (Å²) in [6.45, 7) is 2.18. The third-order valence-corrected chi connectivity index (χ3v) is 3.25. The van der Waals surface area contributed by atoms with Crippen LogP contribution >= 0.6 is 11.8 Å². The summed E-state index contributed by atoms with van der Waals surface area (Å²) in [6, 6.07) is 10.9. The normalized spacial score (nSPS) is 12.7. The fraction of sp³-hybridized carbons (Fsp3) is 0.500. The van der Waals surface area contributed by atoms with Gasteiger partial charge < -0.3 is 5.73 Å². The van der Waals surface area contributed by atoms with Crippen molar-refractivity contribution in [2.75, 3.05) is 11.5 Å². The van der Waals surface area contributed by atoms with Crippen molar-refractivity contribution in [1.82, 2.24) is 0 Å². The van der Waals surface area contributed by atoms with Gasteiger partial charge in [-0.3, -0.25) is 0 Å². The molecule has 0 saturated carbocycles. The van der Waals surface area contributed by atoms with E-state index in [4.69, 9.17) is 5.73 Å². The van der Waals surface area contributed by atoms with Crippen LogP contribution in [0, 0.1) is 0 Å². The zero-order valence-corrected chi connectivity index (χ0v) is 9.59. The number of rotatable bonds is 6. The second-order valence-electron chi connectivity index (χ2n) is 3.44. The van der Waals surface area contributed by atoms with Crippen LogP contribution in [-0.4, -0.2) is 17.5 Å². The summed E-state index contributed by atoms with van der Waals surface area (Å²) in [5, 5.41) is 0. The largest absolute Gasteiger partial charge is 0.327 e. The predicted octanol–water partition coefficient (Wildman–Crippen LogP) is 2.70. The zero-order chi connectivity index (χ0) is 10.2. The number of aryl methyl sites for hydroxylation is 1. The Hall–Kier alpha value is -0.470. The van der Waals surface area contributed by atoms with Crippen LogP contribution in [0.1, 0.15) is 18.9 Å². The number of hydrogen-bond donors (Lipinski definition) is 1.